The summed E-state index contributed by atoms with van der Waals surface area (Å²) in [6.45, 7) is 1.82. The number of imide groups is 1. The van der Waals surface area contributed by atoms with Gasteiger partial charge in [0.15, 0.2) is 0 Å². The zero-order valence-corrected chi connectivity index (χ0v) is 24.8. The van der Waals surface area contributed by atoms with Crippen molar-refractivity contribution in [3.8, 4) is 11.3 Å². The summed E-state index contributed by atoms with van der Waals surface area (Å²) in [6.07, 6.45) is 9.72. The number of nitrogens with one attached hydrogen (secondary N) is 2. The smallest absolute Gasteiger partial charge is 0.255 e. The molecule has 1 unspecified atom stereocenters. The highest BCUT2D eigenvalue weighted by atomic mass is 16.2. The lowest BCUT2D eigenvalue weighted by atomic mass is 10.0. The number of nitrogens with zero attached hydrogens (tertiary/aromatic N) is 8. The predicted octanol–water partition coefficient (Wildman–Crippen LogP) is 3.63. The van der Waals surface area contributed by atoms with E-state index in [0.29, 0.717) is 23.8 Å². The van der Waals surface area contributed by atoms with Crippen molar-refractivity contribution < 1.29 is 14.4 Å². The number of para-hydroxylation sites is 2. The van der Waals surface area contributed by atoms with Crippen LogP contribution in [0.1, 0.15) is 47.6 Å². The maximum absolute atomic E-state index is 13.2. The SMILES string of the molecule is O=C1CCC(N2Cc3c(Nc4ccnc(N5CCC(n6cc(-c7cnc8ccccc8n7)cn6)CC5)n4)cccc3C2=O)C(=O)N1. The summed E-state index contributed by atoms with van der Waals surface area (Å²) >= 11 is 0. The largest absolute Gasteiger partial charge is 0.341 e. The number of carbonyl (C=O) groups is 3. The Kier molecular flexibility index (Phi) is 6.85. The molecule has 13 heteroatoms. The molecule has 2 aromatic carbocycles. The molecule has 6 heterocycles. The first-order chi connectivity index (χ1) is 22.5. The fraction of sp³-hybridized carbons (Fsp3) is 0.273. The van der Waals surface area contributed by atoms with Gasteiger partial charge in [0.25, 0.3) is 5.91 Å². The van der Waals surface area contributed by atoms with E-state index in [4.69, 9.17) is 9.97 Å². The first kappa shape index (κ1) is 27.8. The highest BCUT2D eigenvalue weighted by Crippen LogP contribution is 2.34. The van der Waals surface area contributed by atoms with Gasteiger partial charge >= 0.3 is 0 Å². The van der Waals surface area contributed by atoms with E-state index >= 15 is 0 Å². The van der Waals surface area contributed by atoms with E-state index in [1.54, 1.807) is 29.4 Å². The summed E-state index contributed by atoms with van der Waals surface area (Å²) in [5.74, 6) is 0.294. The maximum atomic E-state index is 13.2. The molecule has 1 atom stereocenters. The van der Waals surface area contributed by atoms with Crippen LogP contribution in [-0.2, 0) is 16.1 Å². The third kappa shape index (κ3) is 5.09. The van der Waals surface area contributed by atoms with Crippen LogP contribution in [-0.4, -0.2) is 71.5 Å². The third-order valence-electron chi connectivity index (χ3n) is 8.95. The van der Waals surface area contributed by atoms with Gasteiger partial charge in [0.05, 0.1) is 35.2 Å². The minimum absolute atomic E-state index is 0.214. The summed E-state index contributed by atoms with van der Waals surface area (Å²) in [5.41, 5.74) is 5.56. The van der Waals surface area contributed by atoms with Crippen LogP contribution in [0.15, 0.2) is 73.3 Å². The third-order valence-corrected chi connectivity index (χ3v) is 8.95. The first-order valence-electron chi connectivity index (χ1n) is 15.4. The van der Waals surface area contributed by atoms with Crippen molar-refractivity contribution in [1.29, 1.82) is 0 Å². The monoisotopic (exact) mass is 614 g/mol. The average Bonchev–Trinajstić information content (AvgIpc) is 3.71. The van der Waals surface area contributed by atoms with Crippen LogP contribution in [0.4, 0.5) is 17.5 Å². The van der Waals surface area contributed by atoms with Crippen molar-refractivity contribution in [3.05, 3.63) is 84.4 Å². The Hall–Kier alpha value is -5.72. The van der Waals surface area contributed by atoms with E-state index in [-0.39, 0.29) is 30.8 Å². The number of carbonyl (C=O) groups excluding carboxylic acids is 3. The highest BCUT2D eigenvalue weighted by Gasteiger charge is 2.40. The van der Waals surface area contributed by atoms with Gasteiger partial charge in [-0.2, -0.15) is 10.1 Å². The minimum Gasteiger partial charge on any atom is -0.341 e. The number of piperidine rings is 2. The van der Waals surface area contributed by atoms with Crippen LogP contribution in [0, 0.1) is 0 Å². The molecule has 3 aliphatic heterocycles. The lowest BCUT2D eigenvalue weighted by Crippen LogP contribution is -2.52. The number of amides is 3. The highest BCUT2D eigenvalue weighted by molar-refractivity contribution is 6.06. The van der Waals surface area contributed by atoms with Crippen molar-refractivity contribution in [2.24, 2.45) is 0 Å². The normalized spacial score (nSPS) is 18.6. The second-order valence-corrected chi connectivity index (χ2v) is 11.8. The number of rotatable bonds is 6. The molecule has 2 N–H and O–H groups in total. The van der Waals surface area contributed by atoms with E-state index in [2.05, 4.69) is 30.6 Å². The van der Waals surface area contributed by atoms with Gasteiger partial charge in [-0.05, 0) is 49.6 Å². The number of aromatic nitrogens is 6. The second kappa shape index (κ2) is 11.3. The lowest BCUT2D eigenvalue weighted by molar-refractivity contribution is -0.136. The van der Waals surface area contributed by atoms with Gasteiger partial charge in [0, 0.05) is 60.8 Å². The van der Waals surface area contributed by atoms with Crippen molar-refractivity contribution in [2.45, 2.75) is 44.3 Å². The molecule has 0 saturated carbocycles. The molecule has 46 heavy (non-hydrogen) atoms. The molecule has 8 rings (SSSR count). The number of fused-ring (bicyclic) bond motifs is 2. The van der Waals surface area contributed by atoms with E-state index in [9.17, 15) is 14.4 Å². The molecule has 3 aromatic heterocycles. The Morgan fingerprint density at radius 3 is 2.57 bits per heavy atom. The van der Waals surface area contributed by atoms with E-state index in [0.717, 1.165) is 59.5 Å². The van der Waals surface area contributed by atoms with Gasteiger partial charge in [0.1, 0.15) is 11.9 Å². The van der Waals surface area contributed by atoms with Crippen LogP contribution in [0.25, 0.3) is 22.3 Å². The van der Waals surface area contributed by atoms with Gasteiger partial charge in [-0.15, -0.1) is 0 Å². The molecular weight excluding hydrogens is 584 g/mol. The van der Waals surface area contributed by atoms with Crippen molar-refractivity contribution in [3.63, 3.8) is 0 Å². The molecule has 0 radical (unpaired) electrons. The molecule has 5 aromatic rings. The Balaban J connectivity index is 0.931. The molecule has 2 saturated heterocycles. The van der Waals surface area contributed by atoms with Crippen LogP contribution in [0.5, 0.6) is 0 Å². The Morgan fingerprint density at radius 2 is 1.72 bits per heavy atom. The quantitative estimate of drug-likeness (QED) is 0.271. The summed E-state index contributed by atoms with van der Waals surface area (Å²) in [4.78, 5) is 59.7. The number of hydrogen-bond acceptors (Lipinski definition) is 10. The molecule has 3 aliphatic rings. The van der Waals surface area contributed by atoms with Crippen LogP contribution < -0.4 is 15.5 Å². The van der Waals surface area contributed by atoms with Crippen molar-refractivity contribution >= 4 is 46.2 Å². The molecule has 0 aliphatic carbocycles. The Bertz CT molecular complexity index is 2000. The van der Waals surface area contributed by atoms with Gasteiger partial charge in [-0.3, -0.25) is 29.4 Å². The molecule has 13 nitrogen and oxygen atoms in total. The predicted molar refractivity (Wildman–Crippen MR) is 169 cm³/mol. The maximum Gasteiger partial charge on any atom is 0.255 e. The van der Waals surface area contributed by atoms with Gasteiger partial charge in [-0.25, -0.2) is 9.97 Å². The lowest BCUT2D eigenvalue weighted by Gasteiger charge is -2.32. The zero-order valence-electron chi connectivity index (χ0n) is 24.8. The summed E-state index contributed by atoms with van der Waals surface area (Å²) in [7, 11) is 0. The van der Waals surface area contributed by atoms with Crippen molar-refractivity contribution in [1.82, 2.24) is 39.9 Å². The first-order valence-corrected chi connectivity index (χ1v) is 15.4. The average molecular weight is 615 g/mol. The molecule has 3 amide bonds. The minimum atomic E-state index is -0.667. The van der Waals surface area contributed by atoms with Gasteiger partial charge < -0.3 is 15.1 Å². The second-order valence-electron chi connectivity index (χ2n) is 11.8. The Morgan fingerprint density at radius 1 is 0.870 bits per heavy atom. The van der Waals surface area contributed by atoms with Crippen LogP contribution >= 0.6 is 0 Å². The molecular formula is C33H30N10O3. The van der Waals surface area contributed by atoms with Crippen LogP contribution in [0.2, 0.25) is 0 Å². The van der Waals surface area contributed by atoms with Gasteiger partial charge in [-0.1, -0.05) is 18.2 Å². The van der Waals surface area contributed by atoms with E-state index in [1.807, 2.05) is 53.5 Å². The van der Waals surface area contributed by atoms with Crippen LogP contribution in [0.3, 0.4) is 0 Å². The number of hydrogen-bond donors (Lipinski definition) is 2. The van der Waals surface area contributed by atoms with E-state index in [1.165, 1.54) is 0 Å². The Labute approximate surface area is 263 Å². The zero-order chi connectivity index (χ0) is 31.2. The summed E-state index contributed by atoms with van der Waals surface area (Å²) in [6, 6.07) is 14.7. The number of anilines is 3. The molecule has 230 valence electrons. The van der Waals surface area contributed by atoms with Crippen molar-refractivity contribution in [2.75, 3.05) is 23.3 Å². The fourth-order valence-corrected chi connectivity index (χ4v) is 6.51. The fourth-order valence-electron chi connectivity index (χ4n) is 6.51. The number of benzene rings is 2. The molecule has 0 spiro atoms. The van der Waals surface area contributed by atoms with Gasteiger partial charge in [0.2, 0.25) is 17.8 Å². The topological polar surface area (TPSA) is 151 Å². The molecule has 2 fully saturated rings. The summed E-state index contributed by atoms with van der Waals surface area (Å²) in [5, 5.41) is 10.4. The molecule has 0 bridgehead atoms. The standard InChI is InChI=1S/C33H30N10O3/c44-30-9-8-28(31(45)40-30)42-19-23-22(32(42)46)4-3-7-24(23)38-29-10-13-34-33(39-29)41-14-11-21(12-15-41)43-18-20(16-36-43)27-17-35-25-5-1-2-6-26(25)37-27/h1-7,10,13,16-18,21,28H,8-9,11-12,14-15,19H2,(H,34,38,39)(H,40,44,45). The van der Waals surface area contributed by atoms with E-state index < -0.39 is 11.9 Å². The summed E-state index contributed by atoms with van der Waals surface area (Å²) < 4.78 is 2.03.